The zero-order valence-corrected chi connectivity index (χ0v) is 14.5. The molecule has 0 unspecified atom stereocenters. The van der Waals surface area contributed by atoms with Crippen LogP contribution in [-0.4, -0.2) is 36.6 Å². The number of hydrogen-bond donors (Lipinski definition) is 0. The average Bonchev–Trinajstić information content (AvgIpc) is 3.11. The number of halogens is 6. The summed E-state index contributed by atoms with van der Waals surface area (Å²) in [5.41, 5.74) is -2.34. The first-order chi connectivity index (χ1) is 13.6. The maximum absolute atomic E-state index is 13.4. The van der Waals surface area contributed by atoms with E-state index in [4.69, 9.17) is 14.7 Å². The summed E-state index contributed by atoms with van der Waals surface area (Å²) in [5.74, 6) is 0.364. The Labute approximate surface area is 161 Å². The molecular weight excluding hydrogens is 404 g/mol. The van der Waals surface area contributed by atoms with Gasteiger partial charge in [-0.15, -0.1) is 0 Å². The molecule has 1 aromatic carbocycles. The van der Waals surface area contributed by atoms with Crippen LogP contribution < -0.4 is 9.64 Å². The number of nitrogens with zero attached hydrogens (tertiary/aromatic N) is 3. The fraction of sp³-hybridized carbons (Fsp3) is 0.333. The summed E-state index contributed by atoms with van der Waals surface area (Å²) in [7, 11) is 0. The van der Waals surface area contributed by atoms with E-state index in [1.54, 1.807) is 0 Å². The van der Waals surface area contributed by atoms with E-state index in [1.807, 2.05) is 0 Å². The Kier molecular flexibility index (Phi) is 5.57. The van der Waals surface area contributed by atoms with E-state index in [0.29, 0.717) is 16.7 Å². The van der Waals surface area contributed by atoms with E-state index < -0.39 is 35.8 Å². The Morgan fingerprint density at radius 1 is 1.14 bits per heavy atom. The Balaban J connectivity index is 1.85. The molecule has 3 rings (SSSR count). The summed E-state index contributed by atoms with van der Waals surface area (Å²) >= 11 is 0. The summed E-state index contributed by atoms with van der Waals surface area (Å²) in [4.78, 5) is 4.46. The first-order valence-electron chi connectivity index (χ1n) is 8.22. The zero-order chi connectivity index (χ0) is 21.2. The van der Waals surface area contributed by atoms with Gasteiger partial charge < -0.3 is 14.4 Å². The fourth-order valence-corrected chi connectivity index (χ4v) is 2.87. The molecule has 29 heavy (non-hydrogen) atoms. The monoisotopic (exact) mass is 417 g/mol. The van der Waals surface area contributed by atoms with Gasteiger partial charge in [-0.3, -0.25) is 4.98 Å². The minimum absolute atomic E-state index is 0.241. The lowest BCUT2D eigenvalue weighted by Gasteiger charge is -2.27. The highest BCUT2D eigenvalue weighted by Gasteiger charge is 2.51. The van der Waals surface area contributed by atoms with E-state index in [2.05, 4.69) is 4.98 Å². The van der Waals surface area contributed by atoms with Crippen LogP contribution in [0.1, 0.15) is 11.1 Å². The molecule has 1 aliphatic heterocycles. The van der Waals surface area contributed by atoms with Crippen LogP contribution in [0.15, 0.2) is 42.7 Å². The third-order valence-corrected chi connectivity index (χ3v) is 4.13. The maximum atomic E-state index is 13.4. The summed E-state index contributed by atoms with van der Waals surface area (Å²) < 4.78 is 90.2. The number of ether oxygens (including phenoxy) is 2. The first kappa shape index (κ1) is 20.7. The summed E-state index contributed by atoms with van der Waals surface area (Å²) in [5, 5.41) is 8.85. The lowest BCUT2D eigenvalue weighted by Crippen LogP contribution is -2.42. The normalized spacial score (nSPS) is 19.8. The molecule has 0 amide bonds. The number of benzene rings is 1. The van der Waals surface area contributed by atoms with Crippen LogP contribution in [-0.2, 0) is 10.9 Å². The third-order valence-electron chi connectivity index (χ3n) is 4.13. The van der Waals surface area contributed by atoms with Gasteiger partial charge in [-0.05, 0) is 30.3 Å². The van der Waals surface area contributed by atoms with Crippen molar-refractivity contribution < 1.29 is 35.8 Å². The maximum Gasteiger partial charge on any atom is 0.433 e. The van der Waals surface area contributed by atoms with Crippen LogP contribution in [0.2, 0.25) is 0 Å². The van der Waals surface area contributed by atoms with Crippen molar-refractivity contribution in [3.05, 3.63) is 53.9 Å². The van der Waals surface area contributed by atoms with Crippen LogP contribution in [0.5, 0.6) is 5.75 Å². The molecule has 154 valence electrons. The second kappa shape index (κ2) is 7.79. The Bertz CT molecular complexity index is 895. The number of alkyl halides is 6. The van der Waals surface area contributed by atoms with Crippen molar-refractivity contribution in [2.24, 2.45) is 0 Å². The summed E-state index contributed by atoms with van der Waals surface area (Å²) in [6.07, 6.45) is -10.4. The van der Waals surface area contributed by atoms with Gasteiger partial charge in [0.25, 0.3) is 0 Å². The Hall–Kier alpha value is -3.00. The molecular formula is C18H13F6N3O2. The second-order valence-corrected chi connectivity index (χ2v) is 6.14. The van der Waals surface area contributed by atoms with Crippen molar-refractivity contribution in [2.45, 2.75) is 24.7 Å². The standard InChI is InChI=1S/C18H13F6N3O2/c19-17(20,21)15-7-12(2-1-11(15)8-25)27-9-14(29-16(27)18(22,23)24)10-28-13-3-5-26-6-4-13/h1-7,14,16H,9-10H2/t14-,16+/m0/s1. The van der Waals surface area contributed by atoms with Crippen LogP contribution in [0.3, 0.4) is 0 Å². The summed E-state index contributed by atoms with van der Waals surface area (Å²) in [6, 6.07) is 6.79. The molecule has 0 spiro atoms. The molecule has 5 nitrogen and oxygen atoms in total. The molecule has 0 bridgehead atoms. The van der Waals surface area contributed by atoms with Gasteiger partial charge in [-0.2, -0.15) is 31.6 Å². The van der Waals surface area contributed by atoms with Gasteiger partial charge >= 0.3 is 12.4 Å². The number of nitriles is 1. The molecule has 0 radical (unpaired) electrons. The topological polar surface area (TPSA) is 58.4 Å². The highest BCUT2D eigenvalue weighted by atomic mass is 19.4. The molecule has 2 aromatic rings. The molecule has 1 aromatic heterocycles. The van der Waals surface area contributed by atoms with E-state index in [1.165, 1.54) is 30.6 Å². The number of aromatic nitrogens is 1. The van der Waals surface area contributed by atoms with Gasteiger partial charge in [0, 0.05) is 18.1 Å². The smallest absolute Gasteiger partial charge is 0.433 e. The van der Waals surface area contributed by atoms with Crippen LogP contribution in [0.4, 0.5) is 32.0 Å². The predicted octanol–water partition coefficient (Wildman–Crippen LogP) is 4.14. The Morgan fingerprint density at radius 3 is 2.41 bits per heavy atom. The van der Waals surface area contributed by atoms with E-state index in [-0.39, 0.29) is 18.8 Å². The van der Waals surface area contributed by atoms with Gasteiger partial charge in [-0.1, -0.05) is 0 Å². The lowest BCUT2D eigenvalue weighted by molar-refractivity contribution is -0.215. The number of pyridine rings is 1. The number of hydrogen-bond acceptors (Lipinski definition) is 5. The van der Waals surface area contributed by atoms with Gasteiger partial charge in [0.15, 0.2) is 0 Å². The van der Waals surface area contributed by atoms with E-state index in [9.17, 15) is 26.3 Å². The largest absolute Gasteiger partial charge is 0.491 e. The van der Waals surface area contributed by atoms with Crippen molar-refractivity contribution in [3.63, 3.8) is 0 Å². The lowest BCUT2D eigenvalue weighted by atomic mass is 10.1. The molecule has 2 atom stereocenters. The second-order valence-electron chi connectivity index (χ2n) is 6.14. The molecule has 0 aliphatic carbocycles. The Morgan fingerprint density at radius 2 is 1.83 bits per heavy atom. The van der Waals surface area contributed by atoms with Crippen molar-refractivity contribution in [2.75, 3.05) is 18.1 Å². The van der Waals surface area contributed by atoms with Crippen LogP contribution >= 0.6 is 0 Å². The highest BCUT2D eigenvalue weighted by molar-refractivity contribution is 5.56. The average molecular weight is 417 g/mol. The number of anilines is 1. The molecule has 1 aliphatic rings. The van der Waals surface area contributed by atoms with Crippen LogP contribution in [0.25, 0.3) is 0 Å². The van der Waals surface area contributed by atoms with E-state index in [0.717, 1.165) is 12.1 Å². The van der Waals surface area contributed by atoms with Crippen molar-refractivity contribution in [1.82, 2.24) is 4.98 Å². The molecule has 0 saturated carbocycles. The molecule has 1 saturated heterocycles. The van der Waals surface area contributed by atoms with Gasteiger partial charge in [-0.25, -0.2) is 0 Å². The van der Waals surface area contributed by atoms with Gasteiger partial charge in [0.05, 0.1) is 23.7 Å². The SMILES string of the molecule is N#Cc1ccc(N2C[C@@H](COc3ccncc3)O[C@@H]2C(F)(F)F)cc1C(F)(F)F. The molecule has 11 heteroatoms. The molecule has 2 heterocycles. The quantitative estimate of drug-likeness (QED) is 0.700. The van der Waals surface area contributed by atoms with Gasteiger partial charge in [0.1, 0.15) is 18.5 Å². The van der Waals surface area contributed by atoms with Crippen molar-refractivity contribution >= 4 is 5.69 Å². The zero-order valence-electron chi connectivity index (χ0n) is 14.5. The van der Waals surface area contributed by atoms with Crippen molar-refractivity contribution in [1.29, 1.82) is 5.26 Å². The minimum atomic E-state index is -4.89. The third kappa shape index (κ3) is 4.71. The van der Waals surface area contributed by atoms with Crippen molar-refractivity contribution in [3.8, 4) is 11.8 Å². The predicted molar refractivity (Wildman–Crippen MR) is 88.0 cm³/mol. The van der Waals surface area contributed by atoms with Gasteiger partial charge in [0.2, 0.25) is 6.23 Å². The fourth-order valence-electron chi connectivity index (χ4n) is 2.87. The van der Waals surface area contributed by atoms with E-state index >= 15 is 0 Å². The molecule has 1 fully saturated rings. The summed E-state index contributed by atoms with van der Waals surface area (Å²) in [6.45, 7) is -0.589. The highest BCUT2D eigenvalue weighted by Crippen LogP contribution is 2.39. The minimum Gasteiger partial charge on any atom is -0.491 e. The van der Waals surface area contributed by atoms with Crippen LogP contribution in [0, 0.1) is 11.3 Å². The number of rotatable bonds is 4. The first-order valence-corrected chi connectivity index (χ1v) is 8.22. The molecule has 0 N–H and O–H groups in total.